The van der Waals surface area contributed by atoms with Crippen LogP contribution in [0.5, 0.6) is 0 Å². The van der Waals surface area contributed by atoms with E-state index in [-0.39, 0.29) is 12.5 Å². The monoisotopic (exact) mass is 469 g/mol. The minimum Gasteiger partial charge on any atom is -0.480 e. The topological polar surface area (TPSA) is 98.7 Å². The van der Waals surface area contributed by atoms with Gasteiger partial charge in [-0.3, -0.25) is 4.79 Å². The van der Waals surface area contributed by atoms with Gasteiger partial charge in [0.2, 0.25) is 5.91 Å². The molecule has 1 unspecified atom stereocenters. The van der Waals surface area contributed by atoms with Crippen LogP contribution in [0.1, 0.15) is 48.0 Å². The lowest BCUT2D eigenvalue weighted by atomic mass is 9.85. The lowest BCUT2D eigenvalue weighted by molar-refractivity contribution is -0.155. The Morgan fingerprint density at radius 2 is 1.69 bits per heavy atom. The van der Waals surface area contributed by atoms with E-state index in [9.17, 15) is 19.5 Å². The lowest BCUT2D eigenvalue weighted by Crippen LogP contribution is -2.58. The Hall–Kier alpha value is -2.09. The largest absolute Gasteiger partial charge is 0.480 e. The number of urea groups is 1. The smallest absolute Gasteiger partial charge is 0.326 e. The fourth-order valence-electron chi connectivity index (χ4n) is 3.19. The van der Waals surface area contributed by atoms with Crippen molar-refractivity contribution in [1.29, 1.82) is 0 Å². The number of carboxylic acids is 1. The third kappa shape index (κ3) is 7.68. The van der Waals surface area contributed by atoms with Crippen molar-refractivity contribution >= 4 is 39.5 Å². The molecule has 0 aliphatic carbocycles. The predicted molar refractivity (Wildman–Crippen MR) is 118 cm³/mol. The molecular formula is C21H32BrN3O4. The number of benzene rings is 1. The molecule has 0 heterocycles. The van der Waals surface area contributed by atoms with E-state index < -0.39 is 35.4 Å². The van der Waals surface area contributed by atoms with Crippen LogP contribution in [-0.4, -0.2) is 46.5 Å². The Morgan fingerprint density at radius 1 is 1.14 bits per heavy atom. The molecule has 8 heteroatoms. The van der Waals surface area contributed by atoms with Crippen LogP contribution in [0.4, 0.5) is 10.5 Å². The fraction of sp³-hybridized carbons (Fsp3) is 0.571. The van der Waals surface area contributed by atoms with Gasteiger partial charge in [0, 0.05) is 16.7 Å². The Balaban J connectivity index is 3.04. The van der Waals surface area contributed by atoms with E-state index in [1.807, 2.05) is 13.8 Å². The number of halogens is 1. The number of likely N-dealkylation sites (N-methyl/N-ethyl adjacent to an activating group) is 1. The molecule has 0 aromatic heterocycles. The van der Waals surface area contributed by atoms with E-state index in [1.54, 1.807) is 52.0 Å². The zero-order valence-corrected chi connectivity index (χ0v) is 19.5. The molecule has 0 radical (unpaired) electrons. The zero-order valence-electron chi connectivity index (χ0n) is 18.0. The number of amides is 3. The second kappa shape index (κ2) is 10.6. The molecule has 7 nitrogen and oxygen atoms in total. The second-order valence-electron chi connectivity index (χ2n) is 8.52. The van der Waals surface area contributed by atoms with Gasteiger partial charge in [0.15, 0.2) is 0 Å². The Labute approximate surface area is 181 Å². The first kappa shape index (κ1) is 24.9. The highest BCUT2D eigenvalue weighted by Gasteiger charge is 2.40. The van der Waals surface area contributed by atoms with Crippen molar-refractivity contribution in [3.05, 3.63) is 28.7 Å². The van der Waals surface area contributed by atoms with Crippen molar-refractivity contribution in [1.82, 2.24) is 10.2 Å². The SMILES string of the molecule is CCN(C(=O)[C@H](CC(C)C)NC(=O)Nc1ccc(Br)cc1)C(C(=O)O)C(C)(C)C. The highest BCUT2D eigenvalue weighted by Crippen LogP contribution is 2.26. The summed E-state index contributed by atoms with van der Waals surface area (Å²) in [6, 6.07) is 4.74. The molecule has 0 aliphatic heterocycles. The maximum absolute atomic E-state index is 13.2. The van der Waals surface area contributed by atoms with Gasteiger partial charge in [0.05, 0.1) is 0 Å². The molecule has 0 saturated heterocycles. The van der Waals surface area contributed by atoms with Gasteiger partial charge < -0.3 is 20.6 Å². The Morgan fingerprint density at radius 3 is 2.10 bits per heavy atom. The van der Waals surface area contributed by atoms with Crippen molar-refractivity contribution in [3.63, 3.8) is 0 Å². The van der Waals surface area contributed by atoms with E-state index in [0.717, 1.165) is 4.47 Å². The normalized spacial score (nSPS) is 13.5. The standard InChI is InChI=1S/C21H32BrN3O4/c1-7-25(17(19(27)28)21(4,5)6)18(26)16(12-13(2)3)24-20(29)23-15-10-8-14(22)9-11-15/h8-11,13,16-17H,7,12H2,1-6H3,(H,27,28)(H2,23,24,29)/t16-,17?/m0/s1. The number of rotatable bonds is 8. The first-order valence-electron chi connectivity index (χ1n) is 9.73. The van der Waals surface area contributed by atoms with E-state index in [0.29, 0.717) is 12.1 Å². The lowest BCUT2D eigenvalue weighted by Gasteiger charge is -2.38. The summed E-state index contributed by atoms with van der Waals surface area (Å²) < 4.78 is 0.886. The quantitative estimate of drug-likeness (QED) is 0.527. The van der Waals surface area contributed by atoms with Crippen LogP contribution in [0.15, 0.2) is 28.7 Å². The van der Waals surface area contributed by atoms with Crippen LogP contribution < -0.4 is 10.6 Å². The van der Waals surface area contributed by atoms with Gasteiger partial charge in [-0.25, -0.2) is 9.59 Å². The number of carboxylic acid groups (broad SMARTS) is 1. The number of carbonyl (C=O) groups excluding carboxylic acids is 2. The van der Waals surface area contributed by atoms with Gasteiger partial charge in [-0.2, -0.15) is 0 Å². The van der Waals surface area contributed by atoms with Gasteiger partial charge in [-0.15, -0.1) is 0 Å². The first-order chi connectivity index (χ1) is 13.4. The van der Waals surface area contributed by atoms with Crippen molar-refractivity contribution in [2.45, 2.75) is 60.0 Å². The molecule has 0 bridgehead atoms. The molecule has 29 heavy (non-hydrogen) atoms. The molecule has 3 amide bonds. The molecule has 1 aromatic rings. The summed E-state index contributed by atoms with van der Waals surface area (Å²) in [4.78, 5) is 39.0. The van der Waals surface area contributed by atoms with Crippen LogP contribution in [0, 0.1) is 11.3 Å². The van der Waals surface area contributed by atoms with Crippen molar-refractivity contribution in [2.75, 3.05) is 11.9 Å². The van der Waals surface area contributed by atoms with Crippen LogP contribution >= 0.6 is 15.9 Å². The second-order valence-corrected chi connectivity index (χ2v) is 9.43. The van der Waals surface area contributed by atoms with Crippen molar-refractivity contribution in [3.8, 4) is 0 Å². The zero-order chi connectivity index (χ0) is 22.4. The summed E-state index contributed by atoms with van der Waals surface area (Å²) in [5, 5.41) is 15.2. The summed E-state index contributed by atoms with van der Waals surface area (Å²) in [7, 11) is 0. The minimum absolute atomic E-state index is 0.133. The van der Waals surface area contributed by atoms with Crippen molar-refractivity contribution < 1.29 is 19.5 Å². The molecule has 1 rings (SSSR count). The number of aliphatic carboxylic acids is 1. The van der Waals surface area contributed by atoms with Crippen molar-refractivity contribution in [2.24, 2.45) is 11.3 Å². The highest BCUT2D eigenvalue weighted by molar-refractivity contribution is 9.10. The summed E-state index contributed by atoms with van der Waals surface area (Å²) in [6.45, 7) is 11.2. The molecular weight excluding hydrogens is 438 g/mol. The van der Waals surface area contributed by atoms with Gasteiger partial charge in [0.25, 0.3) is 0 Å². The highest BCUT2D eigenvalue weighted by atomic mass is 79.9. The number of anilines is 1. The summed E-state index contributed by atoms with van der Waals surface area (Å²) in [5.41, 5.74) is -0.0635. The van der Waals surface area contributed by atoms with Gasteiger partial charge in [-0.05, 0) is 48.9 Å². The fourth-order valence-corrected chi connectivity index (χ4v) is 3.45. The molecule has 0 fully saturated rings. The Bertz CT molecular complexity index is 714. The number of nitrogens with one attached hydrogen (secondary N) is 2. The number of nitrogens with zero attached hydrogens (tertiary/aromatic N) is 1. The third-order valence-corrected chi connectivity index (χ3v) is 4.93. The Kier molecular flexibility index (Phi) is 9.14. The maximum atomic E-state index is 13.2. The molecule has 0 saturated carbocycles. The van der Waals surface area contributed by atoms with Crippen LogP contribution in [-0.2, 0) is 9.59 Å². The molecule has 3 N–H and O–H groups in total. The summed E-state index contributed by atoms with van der Waals surface area (Å²) in [5.74, 6) is -1.32. The molecule has 2 atom stereocenters. The molecule has 162 valence electrons. The van der Waals surface area contributed by atoms with Crippen LogP contribution in [0.2, 0.25) is 0 Å². The maximum Gasteiger partial charge on any atom is 0.326 e. The molecule has 0 spiro atoms. The number of carbonyl (C=O) groups is 3. The van der Waals surface area contributed by atoms with E-state index >= 15 is 0 Å². The molecule has 0 aliphatic rings. The van der Waals surface area contributed by atoms with Gasteiger partial charge in [0.1, 0.15) is 12.1 Å². The van der Waals surface area contributed by atoms with Crippen LogP contribution in [0.25, 0.3) is 0 Å². The van der Waals surface area contributed by atoms with E-state index in [4.69, 9.17) is 0 Å². The minimum atomic E-state index is -1.06. The summed E-state index contributed by atoms with van der Waals surface area (Å²) >= 11 is 3.34. The average Bonchev–Trinajstić information content (AvgIpc) is 2.58. The van der Waals surface area contributed by atoms with E-state index in [1.165, 1.54) is 4.90 Å². The number of hydrogen-bond donors (Lipinski definition) is 3. The molecule has 1 aromatic carbocycles. The number of hydrogen-bond acceptors (Lipinski definition) is 3. The van der Waals surface area contributed by atoms with Gasteiger partial charge in [-0.1, -0.05) is 50.5 Å². The first-order valence-corrected chi connectivity index (χ1v) is 10.5. The summed E-state index contributed by atoms with van der Waals surface area (Å²) in [6.07, 6.45) is 0.402. The predicted octanol–water partition coefficient (Wildman–Crippen LogP) is 4.33. The van der Waals surface area contributed by atoms with E-state index in [2.05, 4.69) is 26.6 Å². The third-order valence-electron chi connectivity index (χ3n) is 4.40. The van der Waals surface area contributed by atoms with Crippen LogP contribution in [0.3, 0.4) is 0 Å². The average molecular weight is 470 g/mol. The van der Waals surface area contributed by atoms with Gasteiger partial charge >= 0.3 is 12.0 Å².